The number of aryl methyl sites for hydroxylation is 1. The van der Waals surface area contributed by atoms with E-state index in [1.807, 2.05) is 25.7 Å². The van der Waals surface area contributed by atoms with Crippen LogP contribution in [-0.2, 0) is 11.2 Å². The quantitative estimate of drug-likeness (QED) is 0.550. The van der Waals surface area contributed by atoms with Crippen molar-refractivity contribution < 1.29 is 9.53 Å². The molecule has 0 spiro atoms. The molecule has 2 heterocycles. The Morgan fingerprint density at radius 3 is 2.59 bits per heavy atom. The minimum Gasteiger partial charge on any atom is -0.444 e. The van der Waals surface area contributed by atoms with E-state index < -0.39 is 5.60 Å². The SMILES string of the molecule is CC(CCCc1csc(C2CCN(C(=O)OC(C)(C)C)CC2)n1)c1ccccc1. The predicted octanol–water partition coefficient (Wildman–Crippen LogP) is 6.38. The van der Waals surface area contributed by atoms with Crippen molar-refractivity contribution in [1.29, 1.82) is 0 Å². The Labute approximate surface area is 179 Å². The average molecular weight is 415 g/mol. The highest BCUT2D eigenvalue weighted by molar-refractivity contribution is 7.09. The van der Waals surface area contributed by atoms with Gasteiger partial charge in [-0.3, -0.25) is 0 Å². The number of thiazole rings is 1. The van der Waals surface area contributed by atoms with Crippen LogP contribution in [0.5, 0.6) is 0 Å². The van der Waals surface area contributed by atoms with E-state index in [0.717, 1.165) is 38.8 Å². The van der Waals surface area contributed by atoms with Crippen LogP contribution in [0.2, 0.25) is 0 Å². The van der Waals surface area contributed by atoms with E-state index in [2.05, 4.69) is 42.6 Å². The first-order valence-electron chi connectivity index (χ1n) is 10.8. The number of hydrogen-bond donors (Lipinski definition) is 0. The molecule has 1 fully saturated rings. The van der Waals surface area contributed by atoms with E-state index >= 15 is 0 Å². The zero-order valence-corrected chi connectivity index (χ0v) is 19.0. The molecule has 1 aromatic heterocycles. The lowest BCUT2D eigenvalue weighted by molar-refractivity contribution is 0.0205. The predicted molar refractivity (Wildman–Crippen MR) is 120 cm³/mol. The third-order valence-corrected chi connectivity index (χ3v) is 6.56. The largest absolute Gasteiger partial charge is 0.444 e. The second-order valence-corrected chi connectivity index (χ2v) is 10.0. The number of aromatic nitrogens is 1. The molecule has 3 rings (SSSR count). The van der Waals surface area contributed by atoms with Crippen LogP contribution in [0.25, 0.3) is 0 Å². The summed E-state index contributed by atoms with van der Waals surface area (Å²) in [6, 6.07) is 10.7. The zero-order chi connectivity index (χ0) is 20.9. The third kappa shape index (κ3) is 6.56. The van der Waals surface area contributed by atoms with Gasteiger partial charge in [0.15, 0.2) is 0 Å². The molecule has 0 aliphatic carbocycles. The number of piperidine rings is 1. The van der Waals surface area contributed by atoms with Crippen LogP contribution in [0, 0.1) is 0 Å². The van der Waals surface area contributed by atoms with Gasteiger partial charge in [-0.25, -0.2) is 9.78 Å². The average Bonchev–Trinajstić information content (AvgIpc) is 3.16. The van der Waals surface area contributed by atoms with E-state index in [4.69, 9.17) is 9.72 Å². The fourth-order valence-corrected chi connectivity index (χ4v) is 4.82. The second kappa shape index (κ2) is 9.75. The molecular formula is C24H34N2O2S. The summed E-state index contributed by atoms with van der Waals surface area (Å²) in [6.07, 6.45) is 5.14. The monoisotopic (exact) mass is 414 g/mol. The van der Waals surface area contributed by atoms with E-state index in [1.54, 1.807) is 11.3 Å². The molecule has 2 aromatic rings. The lowest BCUT2D eigenvalue weighted by atomic mass is 9.95. The standard InChI is InChI=1S/C24H34N2O2S/c1-18(19-10-6-5-7-11-19)9-8-12-21-17-29-22(25-21)20-13-15-26(16-14-20)23(27)28-24(2,3)4/h5-7,10-11,17-18,20H,8-9,12-16H2,1-4H3. The maximum atomic E-state index is 12.2. The van der Waals surface area contributed by atoms with Crippen molar-refractivity contribution in [2.45, 2.75) is 77.2 Å². The number of benzene rings is 1. The van der Waals surface area contributed by atoms with Gasteiger partial charge in [-0.1, -0.05) is 37.3 Å². The summed E-state index contributed by atoms with van der Waals surface area (Å²) in [6.45, 7) is 9.55. The molecule has 29 heavy (non-hydrogen) atoms. The van der Waals surface area contributed by atoms with Gasteiger partial charge in [-0.2, -0.15) is 0 Å². The van der Waals surface area contributed by atoms with Crippen molar-refractivity contribution in [3.8, 4) is 0 Å². The van der Waals surface area contributed by atoms with Crippen molar-refractivity contribution in [2.75, 3.05) is 13.1 Å². The Kier molecular flexibility index (Phi) is 7.33. The number of carbonyl (C=O) groups is 1. The molecule has 4 nitrogen and oxygen atoms in total. The Morgan fingerprint density at radius 2 is 1.93 bits per heavy atom. The summed E-state index contributed by atoms with van der Waals surface area (Å²) in [7, 11) is 0. The number of nitrogens with zero attached hydrogens (tertiary/aromatic N) is 2. The molecular weight excluding hydrogens is 380 g/mol. The fraction of sp³-hybridized carbons (Fsp3) is 0.583. The maximum absolute atomic E-state index is 12.2. The van der Waals surface area contributed by atoms with Gasteiger partial charge < -0.3 is 9.64 Å². The Hall–Kier alpha value is -1.88. The lowest BCUT2D eigenvalue weighted by Gasteiger charge is -2.32. The van der Waals surface area contributed by atoms with Gasteiger partial charge in [0.25, 0.3) is 0 Å². The molecule has 0 N–H and O–H groups in total. The molecule has 0 saturated carbocycles. The van der Waals surface area contributed by atoms with Gasteiger partial charge >= 0.3 is 6.09 Å². The summed E-state index contributed by atoms with van der Waals surface area (Å²) >= 11 is 1.79. The van der Waals surface area contributed by atoms with E-state index in [-0.39, 0.29) is 6.09 Å². The maximum Gasteiger partial charge on any atom is 0.410 e. The van der Waals surface area contributed by atoms with E-state index in [0.29, 0.717) is 11.8 Å². The number of rotatable bonds is 6. The summed E-state index contributed by atoms with van der Waals surface area (Å²) < 4.78 is 5.49. The molecule has 1 aromatic carbocycles. The Morgan fingerprint density at radius 1 is 1.24 bits per heavy atom. The Bertz CT molecular complexity index is 774. The van der Waals surface area contributed by atoms with E-state index in [9.17, 15) is 4.79 Å². The zero-order valence-electron chi connectivity index (χ0n) is 18.2. The van der Waals surface area contributed by atoms with Gasteiger partial charge in [-0.05, 0) is 64.4 Å². The summed E-state index contributed by atoms with van der Waals surface area (Å²) in [5, 5.41) is 3.46. The highest BCUT2D eigenvalue weighted by Crippen LogP contribution is 2.31. The van der Waals surface area contributed by atoms with Gasteiger partial charge in [0.1, 0.15) is 5.60 Å². The third-order valence-electron chi connectivity index (χ3n) is 5.50. The second-order valence-electron chi connectivity index (χ2n) is 9.12. The highest BCUT2D eigenvalue weighted by atomic mass is 32.1. The molecule has 0 radical (unpaired) electrons. The molecule has 1 unspecified atom stereocenters. The van der Waals surface area contributed by atoms with Crippen molar-refractivity contribution >= 4 is 17.4 Å². The van der Waals surface area contributed by atoms with E-state index in [1.165, 1.54) is 22.7 Å². The summed E-state index contributed by atoms with van der Waals surface area (Å²) in [4.78, 5) is 19.0. The first-order valence-corrected chi connectivity index (χ1v) is 11.7. The molecule has 1 aliphatic heterocycles. The topological polar surface area (TPSA) is 42.4 Å². The van der Waals surface area contributed by atoms with Crippen molar-refractivity contribution in [3.63, 3.8) is 0 Å². The number of carbonyl (C=O) groups excluding carboxylic acids is 1. The van der Waals surface area contributed by atoms with Crippen LogP contribution >= 0.6 is 11.3 Å². The normalized spacial score (nSPS) is 16.6. The number of hydrogen-bond acceptors (Lipinski definition) is 4. The van der Waals surface area contributed by atoms with Crippen LogP contribution < -0.4 is 0 Å². The number of amides is 1. The molecule has 158 valence electrons. The fourth-order valence-electron chi connectivity index (χ4n) is 3.80. The van der Waals surface area contributed by atoms with Gasteiger partial charge in [0.2, 0.25) is 0 Å². The molecule has 0 bridgehead atoms. The lowest BCUT2D eigenvalue weighted by Crippen LogP contribution is -2.41. The van der Waals surface area contributed by atoms with Crippen LogP contribution in [0.4, 0.5) is 4.79 Å². The van der Waals surface area contributed by atoms with Crippen LogP contribution in [-0.4, -0.2) is 34.7 Å². The van der Waals surface area contributed by atoms with Gasteiger partial charge in [0, 0.05) is 24.4 Å². The van der Waals surface area contributed by atoms with Crippen molar-refractivity contribution in [1.82, 2.24) is 9.88 Å². The number of ether oxygens (including phenoxy) is 1. The summed E-state index contributed by atoms with van der Waals surface area (Å²) in [5.41, 5.74) is 2.21. The number of likely N-dealkylation sites (tertiary alicyclic amines) is 1. The molecule has 1 atom stereocenters. The Balaban J connectivity index is 1.43. The molecule has 1 amide bonds. The van der Waals surface area contributed by atoms with Crippen LogP contribution in [0.15, 0.2) is 35.7 Å². The minimum atomic E-state index is -0.434. The smallest absolute Gasteiger partial charge is 0.410 e. The first-order chi connectivity index (χ1) is 13.8. The van der Waals surface area contributed by atoms with Crippen LogP contribution in [0.3, 0.4) is 0 Å². The molecule has 5 heteroatoms. The summed E-state index contributed by atoms with van der Waals surface area (Å²) in [5.74, 6) is 1.06. The van der Waals surface area contributed by atoms with Gasteiger partial charge in [-0.15, -0.1) is 11.3 Å². The van der Waals surface area contributed by atoms with Gasteiger partial charge in [0.05, 0.1) is 10.7 Å². The van der Waals surface area contributed by atoms with Crippen molar-refractivity contribution in [2.24, 2.45) is 0 Å². The molecule has 1 aliphatic rings. The molecule has 1 saturated heterocycles. The first kappa shape index (κ1) is 21.8. The highest BCUT2D eigenvalue weighted by Gasteiger charge is 2.28. The van der Waals surface area contributed by atoms with Crippen LogP contribution in [0.1, 0.15) is 81.5 Å². The van der Waals surface area contributed by atoms with Crippen molar-refractivity contribution in [3.05, 3.63) is 52.0 Å². The minimum absolute atomic E-state index is 0.191.